The molecule has 0 saturated heterocycles. The molecule has 2 N–H and O–H groups in total. The molecule has 0 aliphatic heterocycles. The van der Waals surface area contributed by atoms with Gasteiger partial charge in [-0.1, -0.05) is 0 Å². The summed E-state index contributed by atoms with van der Waals surface area (Å²) in [5, 5.41) is 16.4. The summed E-state index contributed by atoms with van der Waals surface area (Å²) in [6, 6.07) is 7.86. The number of nitrogens with one attached hydrogen (secondary N) is 2. The molecular formula is C17H20N4O6S. The minimum absolute atomic E-state index is 0.0274. The summed E-state index contributed by atoms with van der Waals surface area (Å²) < 4.78 is 30.9. The molecule has 1 amide bonds. The number of carbonyl (C=O) groups excluding carboxylic acids is 1. The van der Waals surface area contributed by atoms with Gasteiger partial charge in [0.05, 0.1) is 28.2 Å². The van der Waals surface area contributed by atoms with Crippen molar-refractivity contribution in [3.8, 4) is 5.75 Å². The molecule has 2 rings (SSSR count). The van der Waals surface area contributed by atoms with Crippen LogP contribution in [0.1, 0.15) is 10.4 Å². The first-order valence-electron chi connectivity index (χ1n) is 8.00. The monoisotopic (exact) mass is 408 g/mol. The summed E-state index contributed by atoms with van der Waals surface area (Å²) in [5.41, 5.74) is 0.266. The first-order valence-corrected chi connectivity index (χ1v) is 9.44. The molecule has 0 radical (unpaired) electrons. The fourth-order valence-corrected chi connectivity index (χ4v) is 3.33. The molecule has 0 heterocycles. The predicted molar refractivity (Wildman–Crippen MR) is 104 cm³/mol. The zero-order valence-electron chi connectivity index (χ0n) is 15.7. The summed E-state index contributed by atoms with van der Waals surface area (Å²) in [5.74, 6) is -0.423. The van der Waals surface area contributed by atoms with Gasteiger partial charge in [0.15, 0.2) is 0 Å². The molecule has 0 aliphatic rings. The van der Waals surface area contributed by atoms with E-state index in [1.165, 1.54) is 51.5 Å². The van der Waals surface area contributed by atoms with Gasteiger partial charge in [-0.15, -0.1) is 0 Å². The number of hydrogen-bond acceptors (Lipinski definition) is 7. The predicted octanol–water partition coefficient (Wildman–Crippen LogP) is 2.15. The van der Waals surface area contributed by atoms with Gasteiger partial charge in [0.2, 0.25) is 10.0 Å². The van der Waals surface area contributed by atoms with Crippen LogP contribution in [0.2, 0.25) is 0 Å². The number of hydrogen-bond donors (Lipinski definition) is 2. The van der Waals surface area contributed by atoms with E-state index >= 15 is 0 Å². The van der Waals surface area contributed by atoms with Crippen molar-refractivity contribution in [1.82, 2.24) is 4.31 Å². The molecule has 0 saturated carbocycles. The highest BCUT2D eigenvalue weighted by molar-refractivity contribution is 7.89. The van der Waals surface area contributed by atoms with E-state index in [0.717, 1.165) is 10.4 Å². The largest absolute Gasteiger partial charge is 0.495 e. The zero-order valence-corrected chi connectivity index (χ0v) is 16.5. The van der Waals surface area contributed by atoms with E-state index in [9.17, 15) is 23.3 Å². The van der Waals surface area contributed by atoms with E-state index in [0.29, 0.717) is 5.69 Å². The molecular weight excluding hydrogens is 388 g/mol. The van der Waals surface area contributed by atoms with Crippen molar-refractivity contribution in [2.75, 3.05) is 38.9 Å². The van der Waals surface area contributed by atoms with Gasteiger partial charge in [-0.3, -0.25) is 14.9 Å². The topological polar surface area (TPSA) is 131 Å². The summed E-state index contributed by atoms with van der Waals surface area (Å²) in [7, 11) is 1.99. The Balaban J connectivity index is 2.49. The molecule has 0 aromatic heterocycles. The summed E-state index contributed by atoms with van der Waals surface area (Å²) >= 11 is 0. The number of rotatable bonds is 7. The Bertz CT molecular complexity index is 1020. The minimum Gasteiger partial charge on any atom is -0.495 e. The number of amides is 1. The number of nitro benzene ring substituents is 1. The molecule has 2 aromatic rings. The van der Waals surface area contributed by atoms with E-state index in [2.05, 4.69) is 10.6 Å². The van der Waals surface area contributed by atoms with Crippen LogP contribution in [0, 0.1) is 10.1 Å². The molecule has 0 spiro atoms. The SMILES string of the molecule is CNc1ccc([N+](=O)[O-])cc1C(=O)Nc1cc(S(=O)(=O)N(C)C)ccc1OC. The molecule has 0 aliphatic carbocycles. The number of ether oxygens (including phenoxy) is 1. The Kier molecular flexibility index (Phi) is 6.21. The third-order valence-corrected chi connectivity index (χ3v) is 5.74. The van der Waals surface area contributed by atoms with Crippen molar-refractivity contribution in [3.63, 3.8) is 0 Å². The fraction of sp³-hybridized carbons (Fsp3) is 0.235. The molecule has 10 nitrogen and oxygen atoms in total. The molecule has 0 bridgehead atoms. The lowest BCUT2D eigenvalue weighted by atomic mass is 10.1. The van der Waals surface area contributed by atoms with Crippen LogP contribution in [0.5, 0.6) is 5.75 Å². The Labute approximate surface area is 162 Å². The van der Waals surface area contributed by atoms with Crippen molar-refractivity contribution in [3.05, 3.63) is 52.1 Å². The van der Waals surface area contributed by atoms with Crippen LogP contribution in [0.4, 0.5) is 17.1 Å². The van der Waals surface area contributed by atoms with Gasteiger partial charge in [0.1, 0.15) is 5.75 Å². The smallest absolute Gasteiger partial charge is 0.270 e. The molecule has 0 fully saturated rings. The third kappa shape index (κ3) is 4.21. The van der Waals surface area contributed by atoms with Gasteiger partial charge in [0, 0.05) is 39.0 Å². The number of methoxy groups -OCH3 is 1. The lowest BCUT2D eigenvalue weighted by Gasteiger charge is -2.16. The highest BCUT2D eigenvalue weighted by atomic mass is 32.2. The highest BCUT2D eigenvalue weighted by Gasteiger charge is 2.21. The van der Waals surface area contributed by atoms with Crippen LogP contribution in [0.3, 0.4) is 0 Å². The Hall–Kier alpha value is -3.18. The van der Waals surface area contributed by atoms with Gasteiger partial charge in [0.25, 0.3) is 11.6 Å². The lowest BCUT2D eigenvalue weighted by molar-refractivity contribution is -0.384. The molecule has 11 heteroatoms. The second-order valence-corrected chi connectivity index (χ2v) is 7.99. The first-order chi connectivity index (χ1) is 13.1. The van der Waals surface area contributed by atoms with Gasteiger partial charge < -0.3 is 15.4 Å². The van der Waals surface area contributed by atoms with Gasteiger partial charge in [-0.2, -0.15) is 0 Å². The van der Waals surface area contributed by atoms with Crippen LogP contribution >= 0.6 is 0 Å². The Morgan fingerprint density at radius 2 is 1.82 bits per heavy atom. The van der Waals surface area contributed by atoms with Gasteiger partial charge >= 0.3 is 0 Å². The van der Waals surface area contributed by atoms with Crippen LogP contribution in [-0.4, -0.2) is 51.8 Å². The standard InChI is InChI=1S/C17H20N4O6S/c1-18-14-7-5-11(21(23)24)9-13(14)17(22)19-15-10-12(6-8-16(15)27-4)28(25,26)20(2)3/h5-10,18H,1-4H3,(H,19,22). The van der Waals surface area contributed by atoms with E-state index in [-0.39, 0.29) is 27.6 Å². The second kappa shape index (κ2) is 8.23. The number of carbonyl (C=O) groups is 1. The van der Waals surface area contributed by atoms with Crippen molar-refractivity contribution in [1.29, 1.82) is 0 Å². The Morgan fingerprint density at radius 1 is 1.14 bits per heavy atom. The maximum atomic E-state index is 12.7. The molecule has 150 valence electrons. The number of nitrogens with zero attached hydrogens (tertiary/aromatic N) is 2. The quantitative estimate of drug-likeness (QED) is 0.530. The zero-order chi connectivity index (χ0) is 21.1. The second-order valence-electron chi connectivity index (χ2n) is 5.84. The Morgan fingerprint density at radius 3 is 2.36 bits per heavy atom. The van der Waals surface area contributed by atoms with E-state index in [1.54, 1.807) is 7.05 Å². The fourth-order valence-electron chi connectivity index (χ4n) is 2.40. The van der Waals surface area contributed by atoms with E-state index in [1.807, 2.05) is 0 Å². The summed E-state index contributed by atoms with van der Waals surface area (Å²) in [6.45, 7) is 0. The maximum absolute atomic E-state index is 12.7. The normalized spacial score (nSPS) is 11.2. The van der Waals surface area contributed by atoms with E-state index in [4.69, 9.17) is 4.74 Å². The summed E-state index contributed by atoms with van der Waals surface area (Å²) in [4.78, 5) is 23.1. The molecule has 2 aromatic carbocycles. The molecule has 0 unspecified atom stereocenters. The minimum atomic E-state index is -3.73. The van der Waals surface area contributed by atoms with E-state index < -0.39 is 20.9 Å². The lowest BCUT2D eigenvalue weighted by Crippen LogP contribution is -2.22. The van der Waals surface area contributed by atoms with Crippen LogP contribution in [0.25, 0.3) is 0 Å². The average molecular weight is 408 g/mol. The van der Waals surface area contributed by atoms with Crippen LogP contribution < -0.4 is 15.4 Å². The molecule has 28 heavy (non-hydrogen) atoms. The van der Waals surface area contributed by atoms with Crippen molar-refractivity contribution in [2.24, 2.45) is 0 Å². The van der Waals surface area contributed by atoms with Crippen LogP contribution in [-0.2, 0) is 10.0 Å². The van der Waals surface area contributed by atoms with Crippen molar-refractivity contribution >= 4 is 33.0 Å². The number of non-ortho nitro benzene ring substituents is 1. The number of sulfonamides is 1. The number of benzene rings is 2. The average Bonchev–Trinajstić information content (AvgIpc) is 2.66. The van der Waals surface area contributed by atoms with Crippen molar-refractivity contribution in [2.45, 2.75) is 4.90 Å². The van der Waals surface area contributed by atoms with Crippen molar-refractivity contribution < 1.29 is 22.9 Å². The van der Waals surface area contributed by atoms with Gasteiger partial charge in [-0.05, 0) is 24.3 Å². The third-order valence-electron chi connectivity index (χ3n) is 3.93. The molecule has 0 atom stereocenters. The first kappa shape index (κ1) is 21.1. The van der Waals surface area contributed by atoms with Crippen LogP contribution in [0.15, 0.2) is 41.3 Å². The summed E-state index contributed by atoms with van der Waals surface area (Å²) in [6.07, 6.45) is 0. The number of anilines is 2. The van der Waals surface area contributed by atoms with Gasteiger partial charge in [-0.25, -0.2) is 12.7 Å². The highest BCUT2D eigenvalue weighted by Crippen LogP contribution is 2.30. The number of nitro groups is 1. The maximum Gasteiger partial charge on any atom is 0.270 e.